The Labute approximate surface area is 164 Å². The van der Waals surface area contributed by atoms with Crippen molar-refractivity contribution in [3.05, 3.63) is 29.8 Å². The van der Waals surface area contributed by atoms with Gasteiger partial charge in [-0.1, -0.05) is 39.8 Å². The number of carbonyl (C=O) groups excluding carboxylic acids is 1. The monoisotopic (exact) mass is 399 g/mol. The molecule has 0 heterocycles. The van der Waals surface area contributed by atoms with Gasteiger partial charge in [-0.15, -0.1) is 0 Å². The van der Waals surface area contributed by atoms with Gasteiger partial charge in [0.25, 0.3) is 0 Å². The summed E-state index contributed by atoms with van der Waals surface area (Å²) in [5.41, 5.74) is 1.09. The first-order chi connectivity index (χ1) is 12.4. The molecule has 154 valence electrons. The first kappa shape index (κ1) is 23.4. The van der Waals surface area contributed by atoms with Gasteiger partial charge in [-0.25, -0.2) is 0 Å². The van der Waals surface area contributed by atoms with Gasteiger partial charge in [0.2, 0.25) is 5.91 Å². The van der Waals surface area contributed by atoms with Crippen LogP contribution in [0.5, 0.6) is 5.75 Å². The van der Waals surface area contributed by atoms with Crippen molar-refractivity contribution in [1.82, 2.24) is 4.90 Å². The number of benzene rings is 1. The topological polar surface area (TPSA) is 72.9 Å². The van der Waals surface area contributed by atoms with E-state index in [2.05, 4.69) is 27.7 Å². The van der Waals surface area contributed by atoms with E-state index in [4.69, 9.17) is 8.92 Å². The molecule has 0 bridgehead atoms. The fraction of sp³-hybridized carbons (Fsp3) is 0.650. The lowest BCUT2D eigenvalue weighted by atomic mass is 9.84. The molecule has 0 fully saturated rings. The Morgan fingerprint density at radius 2 is 1.78 bits per heavy atom. The first-order valence-corrected chi connectivity index (χ1v) is 11.0. The maximum absolute atomic E-state index is 12.8. The Hall–Kier alpha value is -1.60. The smallest absolute Gasteiger partial charge is 0.306 e. The van der Waals surface area contributed by atoms with Gasteiger partial charge in [0, 0.05) is 26.6 Å². The largest absolute Gasteiger partial charge is 0.383 e. The van der Waals surface area contributed by atoms with E-state index in [1.54, 1.807) is 36.3 Å². The quantitative estimate of drug-likeness (QED) is 0.563. The molecule has 0 aliphatic carbocycles. The van der Waals surface area contributed by atoms with Crippen molar-refractivity contribution in [2.24, 2.45) is 11.3 Å². The van der Waals surface area contributed by atoms with E-state index in [0.29, 0.717) is 32.0 Å². The maximum Gasteiger partial charge on any atom is 0.306 e. The van der Waals surface area contributed by atoms with Gasteiger partial charge in [-0.05, 0) is 35.4 Å². The van der Waals surface area contributed by atoms with Crippen molar-refractivity contribution in [3.8, 4) is 5.75 Å². The molecule has 0 aliphatic heterocycles. The average Bonchev–Trinajstić information content (AvgIpc) is 2.49. The third-order valence-electron chi connectivity index (χ3n) is 3.95. The maximum atomic E-state index is 12.8. The fourth-order valence-electron chi connectivity index (χ4n) is 3.08. The van der Waals surface area contributed by atoms with E-state index in [1.165, 1.54) is 0 Å². The van der Waals surface area contributed by atoms with Crippen LogP contribution in [-0.4, -0.2) is 45.7 Å². The number of hydrogen-bond donors (Lipinski definition) is 0. The van der Waals surface area contributed by atoms with Gasteiger partial charge in [-0.2, -0.15) is 8.42 Å². The number of carbonyl (C=O) groups is 1. The van der Waals surface area contributed by atoms with Crippen molar-refractivity contribution in [2.75, 3.05) is 26.5 Å². The molecule has 0 aromatic heterocycles. The zero-order chi connectivity index (χ0) is 20.7. The zero-order valence-electron chi connectivity index (χ0n) is 17.3. The second-order valence-corrected chi connectivity index (χ2v) is 9.89. The Balaban J connectivity index is 2.77. The number of amides is 1. The van der Waals surface area contributed by atoms with Crippen LogP contribution in [0.2, 0.25) is 0 Å². The summed E-state index contributed by atoms with van der Waals surface area (Å²) >= 11 is 0. The van der Waals surface area contributed by atoms with Gasteiger partial charge in [0.05, 0.1) is 12.9 Å². The molecule has 1 aromatic rings. The van der Waals surface area contributed by atoms with Crippen LogP contribution < -0.4 is 4.18 Å². The van der Waals surface area contributed by atoms with E-state index in [1.807, 2.05) is 0 Å². The molecule has 0 saturated carbocycles. The molecule has 1 atom stereocenters. The number of hydrogen-bond acceptors (Lipinski definition) is 5. The van der Waals surface area contributed by atoms with Crippen LogP contribution >= 0.6 is 0 Å². The molecular weight excluding hydrogens is 366 g/mol. The highest BCUT2D eigenvalue weighted by Gasteiger charge is 2.21. The van der Waals surface area contributed by atoms with Gasteiger partial charge in [0.1, 0.15) is 5.75 Å². The summed E-state index contributed by atoms with van der Waals surface area (Å²) in [5, 5.41) is 0. The van der Waals surface area contributed by atoms with Crippen LogP contribution in [0, 0.1) is 11.3 Å². The van der Waals surface area contributed by atoms with E-state index in [9.17, 15) is 13.2 Å². The highest BCUT2D eigenvalue weighted by molar-refractivity contribution is 7.86. The molecule has 7 heteroatoms. The molecule has 27 heavy (non-hydrogen) atoms. The van der Waals surface area contributed by atoms with Crippen molar-refractivity contribution < 1.29 is 22.1 Å². The first-order valence-electron chi connectivity index (χ1n) is 9.15. The minimum Gasteiger partial charge on any atom is -0.383 e. The van der Waals surface area contributed by atoms with Gasteiger partial charge in [0.15, 0.2) is 0 Å². The predicted molar refractivity (Wildman–Crippen MR) is 107 cm³/mol. The number of methoxy groups -OCH3 is 1. The minimum atomic E-state index is -3.55. The molecule has 1 aromatic carbocycles. The molecule has 6 nitrogen and oxygen atoms in total. The van der Waals surface area contributed by atoms with Crippen LogP contribution in [-0.2, 0) is 26.2 Å². The Bertz CT molecular complexity index is 692. The molecule has 0 aliphatic rings. The fourth-order valence-corrected chi connectivity index (χ4v) is 3.54. The number of rotatable bonds is 10. The Morgan fingerprint density at radius 3 is 2.26 bits per heavy atom. The van der Waals surface area contributed by atoms with E-state index in [-0.39, 0.29) is 17.1 Å². The molecule has 1 rings (SSSR count). The number of nitrogens with zero attached hydrogens (tertiary/aromatic N) is 1. The van der Waals surface area contributed by atoms with Crippen molar-refractivity contribution in [3.63, 3.8) is 0 Å². The highest BCUT2D eigenvalue weighted by atomic mass is 32.2. The van der Waals surface area contributed by atoms with E-state index < -0.39 is 10.1 Å². The summed E-state index contributed by atoms with van der Waals surface area (Å²) in [6.07, 6.45) is 2.48. The molecule has 0 radical (unpaired) electrons. The molecule has 0 saturated heterocycles. The van der Waals surface area contributed by atoms with Crippen LogP contribution in [0.4, 0.5) is 0 Å². The molecule has 0 unspecified atom stereocenters. The average molecular weight is 400 g/mol. The summed E-state index contributed by atoms with van der Waals surface area (Å²) in [6.45, 7) is 10.1. The zero-order valence-corrected chi connectivity index (χ0v) is 18.1. The number of ether oxygens (including phenoxy) is 1. The summed E-state index contributed by atoms with van der Waals surface area (Å²) in [6, 6.07) is 6.73. The molecule has 0 N–H and O–H groups in total. The Kier molecular flexibility index (Phi) is 8.75. The third-order valence-corrected chi connectivity index (χ3v) is 4.44. The lowest BCUT2D eigenvalue weighted by molar-refractivity contribution is -0.133. The second kappa shape index (κ2) is 10.1. The summed E-state index contributed by atoms with van der Waals surface area (Å²) < 4.78 is 32.4. The summed E-state index contributed by atoms with van der Waals surface area (Å²) in [5.74, 6) is 0.656. The van der Waals surface area contributed by atoms with E-state index >= 15 is 0 Å². The SMILES string of the molecule is COCCN(Cc1ccc(OS(C)(=O)=O)cc1)C(=O)C[C@@H](C)CC(C)(C)C. The third kappa shape index (κ3) is 10.3. The lowest BCUT2D eigenvalue weighted by Gasteiger charge is -2.27. The van der Waals surface area contributed by atoms with Gasteiger partial charge < -0.3 is 13.8 Å². The second-order valence-electron chi connectivity index (χ2n) is 8.31. The summed E-state index contributed by atoms with van der Waals surface area (Å²) in [7, 11) is -1.93. The standard InChI is InChI=1S/C20H33NO5S/c1-16(14-20(2,3)4)13-19(22)21(11-12-25-5)15-17-7-9-18(10-8-17)26-27(6,23)24/h7-10,16H,11-15H2,1-6H3/t16-/m1/s1. The van der Waals surface area contributed by atoms with Crippen molar-refractivity contribution in [2.45, 2.75) is 47.1 Å². The predicted octanol–water partition coefficient (Wildman–Crippen LogP) is 3.46. The van der Waals surface area contributed by atoms with Crippen LogP contribution in [0.3, 0.4) is 0 Å². The van der Waals surface area contributed by atoms with Crippen LogP contribution in [0.1, 0.15) is 46.1 Å². The van der Waals surface area contributed by atoms with Crippen molar-refractivity contribution in [1.29, 1.82) is 0 Å². The van der Waals surface area contributed by atoms with Gasteiger partial charge >= 0.3 is 10.1 Å². The Morgan fingerprint density at radius 1 is 1.19 bits per heavy atom. The molecular formula is C20H33NO5S. The van der Waals surface area contributed by atoms with Crippen LogP contribution in [0.15, 0.2) is 24.3 Å². The molecule has 0 spiro atoms. The van der Waals surface area contributed by atoms with E-state index in [0.717, 1.165) is 18.2 Å². The molecule has 1 amide bonds. The lowest BCUT2D eigenvalue weighted by Crippen LogP contribution is -2.34. The van der Waals surface area contributed by atoms with Gasteiger partial charge in [-0.3, -0.25) is 4.79 Å². The normalized spacial score (nSPS) is 13.3. The highest BCUT2D eigenvalue weighted by Crippen LogP contribution is 2.26. The summed E-state index contributed by atoms with van der Waals surface area (Å²) in [4.78, 5) is 14.6. The minimum absolute atomic E-state index is 0.0975. The van der Waals surface area contributed by atoms with Crippen LogP contribution in [0.25, 0.3) is 0 Å². The van der Waals surface area contributed by atoms with Crippen molar-refractivity contribution >= 4 is 16.0 Å².